The third kappa shape index (κ3) is 4.36. The lowest BCUT2D eigenvalue weighted by atomic mass is 10.1. The molecule has 17 heavy (non-hydrogen) atoms. The van der Waals surface area contributed by atoms with E-state index in [1.54, 1.807) is 18.2 Å². The van der Waals surface area contributed by atoms with E-state index in [4.69, 9.17) is 16.3 Å². The van der Waals surface area contributed by atoms with Crippen molar-refractivity contribution in [2.24, 2.45) is 0 Å². The minimum atomic E-state index is -0.259. The first kappa shape index (κ1) is 14.0. The average Bonchev–Trinajstić information content (AvgIpc) is 2.29. The zero-order chi connectivity index (χ0) is 12.7. The third-order valence-corrected chi connectivity index (χ3v) is 2.56. The molecule has 94 valence electrons. The van der Waals surface area contributed by atoms with Crippen molar-refractivity contribution < 1.29 is 9.13 Å². The predicted molar refractivity (Wildman–Crippen MR) is 69.0 cm³/mol. The molecule has 0 radical (unpaired) electrons. The summed E-state index contributed by atoms with van der Waals surface area (Å²) in [6, 6.07) is 4.89. The molecule has 1 aromatic rings. The smallest absolute Gasteiger partial charge is 0.131 e. The quantitative estimate of drug-likeness (QED) is 0.840. The van der Waals surface area contributed by atoms with E-state index in [9.17, 15) is 4.39 Å². The second-order valence-corrected chi connectivity index (χ2v) is 3.89. The Morgan fingerprint density at radius 1 is 1.53 bits per heavy atom. The van der Waals surface area contributed by atoms with Crippen LogP contribution in [-0.4, -0.2) is 13.2 Å². The molecule has 0 aliphatic carbocycles. The highest BCUT2D eigenvalue weighted by Gasteiger charge is 2.10. The first-order valence-corrected chi connectivity index (χ1v) is 6.03. The largest absolute Gasteiger partial charge is 0.489 e. The summed E-state index contributed by atoms with van der Waals surface area (Å²) in [4.78, 5) is 0. The minimum absolute atomic E-state index is 0.00297. The van der Waals surface area contributed by atoms with Gasteiger partial charge >= 0.3 is 0 Å². The molecule has 0 aliphatic rings. The summed E-state index contributed by atoms with van der Waals surface area (Å²) in [6.07, 6.45) is 1.65. The van der Waals surface area contributed by atoms with Gasteiger partial charge in [-0.05, 0) is 25.6 Å². The van der Waals surface area contributed by atoms with Gasteiger partial charge in [0.15, 0.2) is 0 Å². The molecule has 1 rings (SSSR count). The Morgan fingerprint density at radius 2 is 2.29 bits per heavy atom. The number of hydrogen-bond acceptors (Lipinski definition) is 2. The van der Waals surface area contributed by atoms with Crippen LogP contribution < -0.4 is 10.1 Å². The van der Waals surface area contributed by atoms with E-state index in [1.165, 1.54) is 11.6 Å². The van der Waals surface area contributed by atoms with Crippen molar-refractivity contribution in [2.45, 2.75) is 19.9 Å². The van der Waals surface area contributed by atoms with E-state index in [0.717, 1.165) is 6.54 Å². The molecule has 0 saturated heterocycles. The standard InChI is InChI=1S/C13H17ClFNO/c1-3-16-10(2)12-6-5-11(9-13(12)15)17-8-4-7-14/h4-7,9-10,16H,3,8H2,1-2H3/b7-4+. The molecular weight excluding hydrogens is 241 g/mol. The van der Waals surface area contributed by atoms with Crippen molar-refractivity contribution in [3.05, 3.63) is 41.2 Å². The molecule has 0 saturated carbocycles. The maximum absolute atomic E-state index is 13.8. The second kappa shape index (κ2) is 7.30. The van der Waals surface area contributed by atoms with Crippen LogP contribution in [0.3, 0.4) is 0 Å². The molecule has 1 N–H and O–H groups in total. The van der Waals surface area contributed by atoms with Gasteiger partial charge in [-0.3, -0.25) is 0 Å². The molecule has 4 heteroatoms. The fourth-order valence-corrected chi connectivity index (χ4v) is 1.62. The van der Waals surface area contributed by atoms with Gasteiger partial charge in [0.25, 0.3) is 0 Å². The van der Waals surface area contributed by atoms with E-state index in [2.05, 4.69) is 5.32 Å². The second-order valence-electron chi connectivity index (χ2n) is 3.64. The monoisotopic (exact) mass is 257 g/mol. The van der Waals surface area contributed by atoms with Crippen LogP contribution in [0.5, 0.6) is 5.75 Å². The van der Waals surface area contributed by atoms with Crippen LogP contribution in [0.4, 0.5) is 4.39 Å². The van der Waals surface area contributed by atoms with Gasteiger partial charge in [0.05, 0.1) is 0 Å². The summed E-state index contributed by atoms with van der Waals surface area (Å²) in [5.41, 5.74) is 2.02. The molecule has 1 atom stereocenters. The average molecular weight is 258 g/mol. The highest BCUT2D eigenvalue weighted by atomic mass is 35.5. The summed E-state index contributed by atoms with van der Waals surface area (Å²) in [6.45, 7) is 5.06. The molecule has 0 heterocycles. The molecule has 2 nitrogen and oxygen atoms in total. The van der Waals surface area contributed by atoms with Crippen molar-refractivity contribution in [3.63, 3.8) is 0 Å². The van der Waals surface area contributed by atoms with Gasteiger partial charge in [-0.25, -0.2) is 4.39 Å². The topological polar surface area (TPSA) is 21.3 Å². The fourth-order valence-electron chi connectivity index (χ4n) is 1.55. The summed E-state index contributed by atoms with van der Waals surface area (Å²) >= 11 is 5.36. The lowest BCUT2D eigenvalue weighted by molar-refractivity contribution is 0.360. The van der Waals surface area contributed by atoms with Crippen LogP contribution in [-0.2, 0) is 0 Å². The summed E-state index contributed by atoms with van der Waals surface area (Å²) in [7, 11) is 0. The fraction of sp³-hybridized carbons (Fsp3) is 0.385. The van der Waals surface area contributed by atoms with Crippen molar-refractivity contribution in [3.8, 4) is 5.75 Å². The van der Waals surface area contributed by atoms with E-state index in [0.29, 0.717) is 17.9 Å². The Hall–Kier alpha value is -1.06. The highest BCUT2D eigenvalue weighted by molar-refractivity contribution is 6.25. The molecule has 0 aliphatic heterocycles. The lowest BCUT2D eigenvalue weighted by Gasteiger charge is -2.14. The normalized spacial score (nSPS) is 12.9. The molecular formula is C13H17ClFNO. The SMILES string of the molecule is CCNC(C)c1ccc(OC/C=C/Cl)cc1F. The van der Waals surface area contributed by atoms with Crippen LogP contribution in [0.15, 0.2) is 29.8 Å². The van der Waals surface area contributed by atoms with Crippen LogP contribution in [0.25, 0.3) is 0 Å². The Morgan fingerprint density at radius 3 is 2.88 bits per heavy atom. The number of ether oxygens (including phenoxy) is 1. The predicted octanol–water partition coefficient (Wildman–Crippen LogP) is 3.63. The first-order valence-electron chi connectivity index (χ1n) is 5.59. The summed E-state index contributed by atoms with van der Waals surface area (Å²) in [5, 5.41) is 3.16. The summed E-state index contributed by atoms with van der Waals surface area (Å²) < 4.78 is 19.1. The van der Waals surface area contributed by atoms with Crippen molar-refractivity contribution in [2.75, 3.05) is 13.2 Å². The molecule has 0 aromatic heterocycles. The number of benzene rings is 1. The van der Waals surface area contributed by atoms with Gasteiger partial charge in [0.2, 0.25) is 0 Å². The maximum atomic E-state index is 13.8. The highest BCUT2D eigenvalue weighted by Crippen LogP contribution is 2.21. The zero-order valence-corrected chi connectivity index (χ0v) is 10.8. The van der Waals surface area contributed by atoms with E-state index < -0.39 is 0 Å². The van der Waals surface area contributed by atoms with Gasteiger partial charge in [0.1, 0.15) is 18.2 Å². The van der Waals surface area contributed by atoms with E-state index in [-0.39, 0.29) is 11.9 Å². The van der Waals surface area contributed by atoms with Gasteiger partial charge in [-0.15, -0.1) is 0 Å². The van der Waals surface area contributed by atoms with Crippen molar-refractivity contribution in [1.29, 1.82) is 0 Å². The van der Waals surface area contributed by atoms with Crippen LogP contribution >= 0.6 is 11.6 Å². The number of rotatable bonds is 6. The molecule has 0 bridgehead atoms. The molecule has 0 spiro atoms. The van der Waals surface area contributed by atoms with Crippen molar-refractivity contribution >= 4 is 11.6 Å². The molecule has 0 amide bonds. The number of hydrogen-bond donors (Lipinski definition) is 1. The molecule has 1 aromatic carbocycles. The first-order chi connectivity index (χ1) is 8.19. The Balaban J connectivity index is 2.71. The van der Waals surface area contributed by atoms with Gasteiger partial charge in [0, 0.05) is 23.2 Å². The van der Waals surface area contributed by atoms with Crippen molar-refractivity contribution in [1.82, 2.24) is 5.32 Å². The van der Waals surface area contributed by atoms with Gasteiger partial charge in [-0.1, -0.05) is 24.6 Å². The maximum Gasteiger partial charge on any atom is 0.131 e. The number of nitrogens with one attached hydrogen (secondary N) is 1. The zero-order valence-electron chi connectivity index (χ0n) is 10.0. The van der Waals surface area contributed by atoms with Gasteiger partial charge in [-0.2, -0.15) is 0 Å². The lowest BCUT2D eigenvalue weighted by Crippen LogP contribution is -2.18. The summed E-state index contributed by atoms with van der Waals surface area (Å²) in [5.74, 6) is 0.246. The Bertz CT molecular complexity index is 382. The van der Waals surface area contributed by atoms with E-state index >= 15 is 0 Å². The van der Waals surface area contributed by atoms with Crippen LogP contribution in [0, 0.1) is 5.82 Å². The minimum Gasteiger partial charge on any atom is -0.489 e. The molecule has 0 fully saturated rings. The van der Waals surface area contributed by atoms with Crippen LogP contribution in [0.1, 0.15) is 25.5 Å². The third-order valence-electron chi connectivity index (χ3n) is 2.38. The molecule has 1 unspecified atom stereocenters. The number of halogens is 2. The van der Waals surface area contributed by atoms with Crippen LogP contribution in [0.2, 0.25) is 0 Å². The Labute approximate surface area is 106 Å². The Kier molecular flexibility index (Phi) is 6.01. The van der Waals surface area contributed by atoms with E-state index in [1.807, 2.05) is 13.8 Å². The van der Waals surface area contributed by atoms with Gasteiger partial charge < -0.3 is 10.1 Å².